The average Bonchev–Trinajstić information content (AvgIpc) is 2.37. The minimum atomic E-state index is -0.242. The molecule has 2 aromatic carbocycles. The summed E-state index contributed by atoms with van der Waals surface area (Å²) in [6.07, 6.45) is 0. The van der Waals surface area contributed by atoms with Crippen LogP contribution in [0.5, 0.6) is 0 Å². The van der Waals surface area contributed by atoms with Crippen molar-refractivity contribution in [3.8, 4) is 0 Å². The number of rotatable bonds is 3. The lowest BCUT2D eigenvalue weighted by Gasteiger charge is -2.20. The number of nitrogens with two attached hydrogens (primary N) is 1. The first-order chi connectivity index (χ1) is 9.04. The summed E-state index contributed by atoms with van der Waals surface area (Å²) in [6.45, 7) is 0. The molecule has 0 saturated heterocycles. The van der Waals surface area contributed by atoms with E-state index in [1.165, 1.54) is 0 Å². The molecule has 0 saturated carbocycles. The Kier molecular flexibility index (Phi) is 5.29. The van der Waals surface area contributed by atoms with Crippen molar-refractivity contribution in [2.75, 3.05) is 0 Å². The third-order valence-electron chi connectivity index (χ3n) is 2.73. The van der Waals surface area contributed by atoms with Crippen LogP contribution in [0.2, 0.25) is 10.0 Å². The maximum Gasteiger partial charge on any atom is 0.0735 e. The quantitative estimate of drug-likeness (QED) is 0.533. The summed E-state index contributed by atoms with van der Waals surface area (Å²) in [5.74, 6) is 5.68. The summed E-state index contributed by atoms with van der Waals surface area (Å²) in [6, 6.07) is 11.1. The predicted octanol–water partition coefficient (Wildman–Crippen LogP) is 5.07. The van der Waals surface area contributed by atoms with Gasteiger partial charge in [-0.2, -0.15) is 0 Å². The number of halogens is 4. The Balaban J connectivity index is 2.53. The highest BCUT2D eigenvalue weighted by molar-refractivity contribution is 9.11. The minimum Gasteiger partial charge on any atom is -0.271 e. The number of hydrogen-bond donors (Lipinski definition) is 2. The molecule has 1 atom stereocenters. The summed E-state index contributed by atoms with van der Waals surface area (Å²) in [5.41, 5.74) is 4.59. The van der Waals surface area contributed by atoms with Gasteiger partial charge in [-0.1, -0.05) is 73.3 Å². The molecule has 0 fully saturated rings. The monoisotopic (exact) mass is 422 g/mol. The van der Waals surface area contributed by atoms with Crippen molar-refractivity contribution in [1.29, 1.82) is 0 Å². The molecule has 3 N–H and O–H groups in total. The van der Waals surface area contributed by atoms with Gasteiger partial charge in [0, 0.05) is 8.95 Å². The molecule has 0 aromatic heterocycles. The Labute approximate surface area is 138 Å². The molecule has 0 aliphatic heterocycles. The Morgan fingerprint density at radius 2 is 1.79 bits per heavy atom. The Morgan fingerprint density at radius 1 is 1.05 bits per heavy atom. The van der Waals surface area contributed by atoms with Gasteiger partial charge in [0.25, 0.3) is 0 Å². The second-order valence-electron chi connectivity index (χ2n) is 3.91. The van der Waals surface area contributed by atoms with Crippen LogP contribution >= 0.6 is 55.1 Å². The number of nitrogens with one attached hydrogen (secondary N) is 1. The van der Waals surface area contributed by atoms with Crippen LogP contribution in [-0.2, 0) is 0 Å². The van der Waals surface area contributed by atoms with Gasteiger partial charge in [0.15, 0.2) is 0 Å². The van der Waals surface area contributed by atoms with Crippen molar-refractivity contribution >= 4 is 55.1 Å². The molecule has 0 aliphatic carbocycles. The van der Waals surface area contributed by atoms with Gasteiger partial charge in [-0.15, -0.1) is 0 Å². The van der Waals surface area contributed by atoms with E-state index in [2.05, 4.69) is 37.3 Å². The molecule has 19 heavy (non-hydrogen) atoms. The maximum absolute atomic E-state index is 6.25. The van der Waals surface area contributed by atoms with Crippen molar-refractivity contribution in [1.82, 2.24) is 5.43 Å². The molecule has 0 amide bonds. The lowest BCUT2D eigenvalue weighted by atomic mass is 9.99. The number of hydrazine groups is 1. The Hall–Kier alpha value is -0.100. The zero-order valence-corrected chi connectivity index (χ0v) is 14.3. The lowest BCUT2D eigenvalue weighted by molar-refractivity contribution is 0.635. The van der Waals surface area contributed by atoms with E-state index in [0.717, 1.165) is 20.1 Å². The smallest absolute Gasteiger partial charge is 0.0735 e. The molecule has 1 unspecified atom stereocenters. The van der Waals surface area contributed by atoms with Gasteiger partial charge in [-0.25, -0.2) is 5.43 Å². The molecule has 0 bridgehead atoms. The normalized spacial score (nSPS) is 12.5. The first kappa shape index (κ1) is 15.3. The molecule has 0 spiro atoms. The molecular formula is C13H10Br2Cl2N2. The first-order valence-electron chi connectivity index (χ1n) is 5.39. The van der Waals surface area contributed by atoms with Crippen LogP contribution in [0.15, 0.2) is 45.3 Å². The topological polar surface area (TPSA) is 38.0 Å². The Bertz CT molecular complexity index is 605. The number of hydrogen-bond acceptors (Lipinski definition) is 2. The largest absolute Gasteiger partial charge is 0.271 e. The first-order valence-corrected chi connectivity index (χ1v) is 7.73. The molecule has 0 heterocycles. The SMILES string of the molecule is NNC(c1ccc(Br)cc1Br)c1cccc(Cl)c1Cl. The molecule has 2 nitrogen and oxygen atoms in total. The van der Waals surface area contributed by atoms with Crippen molar-refractivity contribution in [3.05, 3.63) is 66.5 Å². The van der Waals surface area contributed by atoms with Gasteiger partial charge in [0.05, 0.1) is 16.1 Å². The van der Waals surface area contributed by atoms with E-state index in [-0.39, 0.29) is 6.04 Å². The fourth-order valence-corrected chi connectivity index (χ4v) is 3.52. The summed E-state index contributed by atoms with van der Waals surface area (Å²) < 4.78 is 1.91. The van der Waals surface area contributed by atoms with Gasteiger partial charge in [-0.3, -0.25) is 5.84 Å². The van der Waals surface area contributed by atoms with Crippen molar-refractivity contribution < 1.29 is 0 Å². The maximum atomic E-state index is 6.25. The highest BCUT2D eigenvalue weighted by Gasteiger charge is 2.19. The van der Waals surface area contributed by atoms with Crippen LogP contribution in [-0.4, -0.2) is 0 Å². The third-order valence-corrected chi connectivity index (χ3v) is 4.75. The van der Waals surface area contributed by atoms with Crippen LogP contribution < -0.4 is 11.3 Å². The average molecular weight is 425 g/mol. The third kappa shape index (κ3) is 3.32. The fraction of sp³-hybridized carbons (Fsp3) is 0.0769. The molecule has 0 aliphatic rings. The predicted molar refractivity (Wildman–Crippen MR) is 87.5 cm³/mol. The zero-order chi connectivity index (χ0) is 14.0. The van der Waals surface area contributed by atoms with Crippen molar-refractivity contribution in [3.63, 3.8) is 0 Å². The van der Waals surface area contributed by atoms with Crippen LogP contribution in [0.3, 0.4) is 0 Å². The number of benzene rings is 2. The lowest BCUT2D eigenvalue weighted by Crippen LogP contribution is -2.29. The molecule has 100 valence electrons. The van der Waals surface area contributed by atoms with Gasteiger partial charge in [0.2, 0.25) is 0 Å². The highest BCUT2D eigenvalue weighted by atomic mass is 79.9. The van der Waals surface area contributed by atoms with Crippen LogP contribution in [0.1, 0.15) is 17.2 Å². The molecular weight excluding hydrogens is 415 g/mol. The standard InChI is InChI=1S/C13H10Br2Cl2N2/c14-7-4-5-8(10(15)6-7)13(19-18)9-2-1-3-11(16)12(9)17/h1-6,13,19H,18H2. The summed E-state index contributed by atoms with van der Waals surface area (Å²) >= 11 is 19.2. The van der Waals surface area contributed by atoms with Crippen LogP contribution in [0.4, 0.5) is 0 Å². The van der Waals surface area contributed by atoms with Gasteiger partial charge < -0.3 is 0 Å². The van der Waals surface area contributed by atoms with Crippen LogP contribution in [0, 0.1) is 0 Å². The second-order valence-corrected chi connectivity index (χ2v) is 6.46. The summed E-state index contributed by atoms with van der Waals surface area (Å²) in [7, 11) is 0. The Morgan fingerprint density at radius 3 is 2.42 bits per heavy atom. The minimum absolute atomic E-state index is 0.242. The van der Waals surface area contributed by atoms with E-state index in [1.807, 2.05) is 30.3 Å². The molecule has 0 radical (unpaired) electrons. The summed E-state index contributed by atoms with van der Waals surface area (Å²) in [4.78, 5) is 0. The van der Waals surface area contributed by atoms with Gasteiger partial charge >= 0.3 is 0 Å². The molecule has 6 heteroatoms. The summed E-state index contributed by atoms with van der Waals surface area (Å²) in [5, 5.41) is 1.01. The van der Waals surface area contributed by atoms with E-state index in [4.69, 9.17) is 29.0 Å². The highest BCUT2D eigenvalue weighted by Crippen LogP contribution is 2.36. The van der Waals surface area contributed by atoms with Gasteiger partial charge in [-0.05, 0) is 29.3 Å². The molecule has 2 aromatic rings. The van der Waals surface area contributed by atoms with E-state index in [1.54, 1.807) is 6.07 Å². The zero-order valence-electron chi connectivity index (χ0n) is 9.63. The van der Waals surface area contributed by atoms with E-state index < -0.39 is 0 Å². The molecule has 2 rings (SSSR count). The van der Waals surface area contributed by atoms with Crippen molar-refractivity contribution in [2.45, 2.75) is 6.04 Å². The van der Waals surface area contributed by atoms with Crippen LogP contribution in [0.25, 0.3) is 0 Å². The van der Waals surface area contributed by atoms with Crippen molar-refractivity contribution in [2.24, 2.45) is 5.84 Å². The van der Waals surface area contributed by atoms with E-state index in [0.29, 0.717) is 10.0 Å². The second kappa shape index (κ2) is 6.57. The van der Waals surface area contributed by atoms with Gasteiger partial charge in [0.1, 0.15) is 0 Å². The van der Waals surface area contributed by atoms with E-state index in [9.17, 15) is 0 Å². The fourth-order valence-electron chi connectivity index (χ4n) is 1.83. The van der Waals surface area contributed by atoms with E-state index >= 15 is 0 Å².